The van der Waals surface area contributed by atoms with E-state index in [2.05, 4.69) is 10.6 Å². The number of benzene rings is 2. The first kappa shape index (κ1) is 18.7. The highest BCUT2D eigenvalue weighted by atomic mass is 16.2. The summed E-state index contributed by atoms with van der Waals surface area (Å²) in [6.07, 6.45) is 0.476. The standard InChI is InChI=1S/C20H25N3O2/c1-13(2)12-18(24)22-16-8-10-17(11-9-16)23-20(25)19(21)15-6-4-14(3)5-7-15/h4-11,13,19H,12,21H2,1-3H3,(H,22,24)(H,23,25). The normalized spacial score (nSPS) is 11.9. The maximum absolute atomic E-state index is 12.3. The van der Waals surface area contributed by atoms with Crippen LogP contribution in [0.3, 0.4) is 0 Å². The molecule has 0 spiro atoms. The highest BCUT2D eigenvalue weighted by Gasteiger charge is 2.15. The van der Waals surface area contributed by atoms with Crippen molar-refractivity contribution in [2.75, 3.05) is 10.6 Å². The molecule has 0 aliphatic heterocycles. The van der Waals surface area contributed by atoms with Gasteiger partial charge in [0.1, 0.15) is 6.04 Å². The lowest BCUT2D eigenvalue weighted by molar-refractivity contribution is -0.118. The molecule has 0 saturated heterocycles. The number of carbonyl (C=O) groups is 2. The summed E-state index contributed by atoms with van der Waals surface area (Å²) in [5, 5.41) is 5.62. The number of carbonyl (C=O) groups excluding carboxylic acids is 2. The second kappa shape index (κ2) is 8.44. The van der Waals surface area contributed by atoms with Crippen LogP contribution in [0.4, 0.5) is 11.4 Å². The summed E-state index contributed by atoms with van der Waals surface area (Å²) < 4.78 is 0. The second-order valence-corrected chi connectivity index (χ2v) is 6.60. The average Bonchev–Trinajstić information content (AvgIpc) is 2.56. The first-order valence-corrected chi connectivity index (χ1v) is 8.38. The number of hydrogen-bond donors (Lipinski definition) is 3. The van der Waals surface area contributed by atoms with E-state index in [0.717, 1.165) is 11.1 Å². The molecule has 0 radical (unpaired) electrons. The van der Waals surface area contributed by atoms with Gasteiger partial charge in [-0.1, -0.05) is 43.7 Å². The van der Waals surface area contributed by atoms with Crippen LogP contribution < -0.4 is 16.4 Å². The first-order valence-electron chi connectivity index (χ1n) is 8.38. The first-order chi connectivity index (χ1) is 11.8. The molecule has 0 aliphatic rings. The molecule has 2 aromatic carbocycles. The highest BCUT2D eigenvalue weighted by molar-refractivity contribution is 5.96. The fourth-order valence-corrected chi connectivity index (χ4v) is 2.36. The Bertz CT molecular complexity index is 722. The highest BCUT2D eigenvalue weighted by Crippen LogP contribution is 2.17. The van der Waals surface area contributed by atoms with Gasteiger partial charge in [-0.15, -0.1) is 0 Å². The summed E-state index contributed by atoms with van der Waals surface area (Å²) >= 11 is 0. The van der Waals surface area contributed by atoms with E-state index in [1.165, 1.54) is 0 Å². The van der Waals surface area contributed by atoms with Crippen molar-refractivity contribution in [1.82, 2.24) is 0 Å². The number of amides is 2. The summed E-state index contributed by atoms with van der Waals surface area (Å²) in [4.78, 5) is 24.0. The number of aryl methyl sites for hydroxylation is 1. The number of anilines is 2. The Kier molecular flexibility index (Phi) is 6.31. The number of nitrogens with one attached hydrogen (secondary N) is 2. The molecule has 0 aliphatic carbocycles. The largest absolute Gasteiger partial charge is 0.326 e. The zero-order valence-electron chi connectivity index (χ0n) is 14.9. The van der Waals surface area contributed by atoms with Gasteiger partial charge in [0.2, 0.25) is 11.8 Å². The molecule has 0 saturated carbocycles. The van der Waals surface area contributed by atoms with Crippen molar-refractivity contribution in [2.45, 2.75) is 33.2 Å². The third kappa shape index (κ3) is 5.72. The third-order valence-electron chi connectivity index (χ3n) is 3.75. The Morgan fingerprint density at radius 2 is 1.44 bits per heavy atom. The van der Waals surface area contributed by atoms with E-state index in [4.69, 9.17) is 5.73 Å². The average molecular weight is 339 g/mol. The van der Waals surface area contributed by atoms with Crippen molar-refractivity contribution >= 4 is 23.2 Å². The third-order valence-corrected chi connectivity index (χ3v) is 3.75. The Morgan fingerprint density at radius 1 is 0.920 bits per heavy atom. The van der Waals surface area contributed by atoms with Gasteiger partial charge in [0.05, 0.1) is 0 Å². The van der Waals surface area contributed by atoms with Crippen molar-refractivity contribution in [1.29, 1.82) is 0 Å². The van der Waals surface area contributed by atoms with Crippen LogP contribution in [0.5, 0.6) is 0 Å². The van der Waals surface area contributed by atoms with Gasteiger partial charge < -0.3 is 16.4 Å². The predicted octanol–water partition coefficient (Wildman–Crippen LogP) is 3.62. The molecule has 0 heterocycles. The molecule has 2 rings (SSSR count). The Labute approximate surface area is 148 Å². The molecule has 5 heteroatoms. The maximum Gasteiger partial charge on any atom is 0.245 e. The van der Waals surface area contributed by atoms with Crippen molar-refractivity contribution in [3.63, 3.8) is 0 Å². The second-order valence-electron chi connectivity index (χ2n) is 6.60. The Hall–Kier alpha value is -2.66. The molecule has 2 aromatic rings. The molecule has 132 valence electrons. The van der Waals surface area contributed by atoms with E-state index in [0.29, 0.717) is 23.7 Å². The smallest absolute Gasteiger partial charge is 0.245 e. The Morgan fingerprint density at radius 3 is 1.96 bits per heavy atom. The Balaban J connectivity index is 1.95. The SMILES string of the molecule is Cc1ccc(C(N)C(=O)Nc2ccc(NC(=O)CC(C)C)cc2)cc1. The van der Waals surface area contributed by atoms with Crippen molar-refractivity contribution in [3.05, 3.63) is 59.7 Å². The van der Waals surface area contributed by atoms with Gasteiger partial charge in [-0.2, -0.15) is 0 Å². The van der Waals surface area contributed by atoms with Crippen LogP contribution in [-0.2, 0) is 9.59 Å². The van der Waals surface area contributed by atoms with Gasteiger partial charge in [0.25, 0.3) is 0 Å². The molecule has 0 bridgehead atoms. The molecule has 5 nitrogen and oxygen atoms in total. The van der Waals surface area contributed by atoms with E-state index < -0.39 is 6.04 Å². The number of hydrogen-bond acceptors (Lipinski definition) is 3. The molecular formula is C20H25N3O2. The summed E-state index contributed by atoms with van der Waals surface area (Å²) in [5.74, 6) is 0.00967. The quantitative estimate of drug-likeness (QED) is 0.751. The van der Waals surface area contributed by atoms with E-state index in [9.17, 15) is 9.59 Å². The van der Waals surface area contributed by atoms with E-state index in [1.807, 2.05) is 45.0 Å². The summed E-state index contributed by atoms with van der Waals surface area (Å²) in [6, 6.07) is 13.8. The number of rotatable bonds is 6. The molecule has 25 heavy (non-hydrogen) atoms. The van der Waals surface area contributed by atoms with Crippen LogP contribution in [0.15, 0.2) is 48.5 Å². The lowest BCUT2D eigenvalue weighted by Crippen LogP contribution is -2.27. The summed E-state index contributed by atoms with van der Waals surface area (Å²) in [5.41, 5.74) is 9.23. The molecular weight excluding hydrogens is 314 g/mol. The minimum atomic E-state index is -0.731. The fraction of sp³-hybridized carbons (Fsp3) is 0.300. The number of nitrogens with two attached hydrogens (primary N) is 1. The van der Waals surface area contributed by atoms with E-state index in [-0.39, 0.29) is 11.8 Å². The van der Waals surface area contributed by atoms with Crippen LogP contribution in [0.1, 0.15) is 37.4 Å². The topological polar surface area (TPSA) is 84.2 Å². The van der Waals surface area contributed by atoms with Gasteiger partial charge in [0.15, 0.2) is 0 Å². The van der Waals surface area contributed by atoms with Crippen LogP contribution in [0.25, 0.3) is 0 Å². The van der Waals surface area contributed by atoms with Crippen LogP contribution in [0.2, 0.25) is 0 Å². The zero-order chi connectivity index (χ0) is 18.4. The van der Waals surface area contributed by atoms with Crippen molar-refractivity contribution in [2.24, 2.45) is 11.7 Å². The van der Waals surface area contributed by atoms with Crippen LogP contribution in [-0.4, -0.2) is 11.8 Å². The molecule has 4 N–H and O–H groups in total. The van der Waals surface area contributed by atoms with Gasteiger partial charge >= 0.3 is 0 Å². The predicted molar refractivity (Wildman–Crippen MR) is 101 cm³/mol. The van der Waals surface area contributed by atoms with Gasteiger partial charge in [-0.3, -0.25) is 9.59 Å². The lowest BCUT2D eigenvalue weighted by atomic mass is 10.1. The van der Waals surface area contributed by atoms with Gasteiger partial charge in [-0.05, 0) is 42.7 Å². The fourth-order valence-electron chi connectivity index (χ4n) is 2.36. The van der Waals surface area contributed by atoms with Crippen LogP contribution >= 0.6 is 0 Å². The molecule has 1 atom stereocenters. The monoisotopic (exact) mass is 339 g/mol. The molecule has 0 aromatic heterocycles. The molecule has 2 amide bonds. The van der Waals surface area contributed by atoms with Gasteiger partial charge in [0, 0.05) is 17.8 Å². The van der Waals surface area contributed by atoms with Gasteiger partial charge in [-0.25, -0.2) is 0 Å². The summed E-state index contributed by atoms with van der Waals surface area (Å²) in [7, 11) is 0. The minimum absolute atomic E-state index is 0.0202. The van der Waals surface area contributed by atoms with Crippen LogP contribution in [0, 0.1) is 12.8 Å². The molecule has 1 unspecified atom stereocenters. The minimum Gasteiger partial charge on any atom is -0.326 e. The van der Waals surface area contributed by atoms with Crippen molar-refractivity contribution < 1.29 is 9.59 Å². The van der Waals surface area contributed by atoms with E-state index in [1.54, 1.807) is 24.3 Å². The molecule has 0 fully saturated rings. The van der Waals surface area contributed by atoms with Crippen molar-refractivity contribution in [3.8, 4) is 0 Å². The zero-order valence-corrected chi connectivity index (χ0v) is 14.9. The van der Waals surface area contributed by atoms with E-state index >= 15 is 0 Å². The maximum atomic E-state index is 12.3. The lowest BCUT2D eigenvalue weighted by Gasteiger charge is -2.13. The summed E-state index contributed by atoms with van der Waals surface area (Å²) in [6.45, 7) is 5.97.